The maximum absolute atomic E-state index is 13.4. The van der Waals surface area contributed by atoms with Crippen LogP contribution in [-0.2, 0) is 19.1 Å². The van der Waals surface area contributed by atoms with Gasteiger partial charge in [0, 0.05) is 59.3 Å². The molecule has 0 radical (unpaired) electrons. The average Bonchev–Trinajstić information content (AvgIpc) is 3.37. The fourth-order valence-electron chi connectivity index (χ4n) is 5.31. The van der Waals surface area contributed by atoms with Crippen molar-refractivity contribution in [3.05, 3.63) is 69.8 Å². The van der Waals surface area contributed by atoms with Crippen molar-refractivity contribution in [1.82, 2.24) is 10.6 Å². The highest BCUT2D eigenvalue weighted by atomic mass is 16.6. The van der Waals surface area contributed by atoms with Crippen molar-refractivity contribution >= 4 is 52.7 Å². The molecule has 0 aromatic heterocycles. The Hall–Kier alpha value is -5.33. The number of fused-ring (bicyclic) bond motifs is 2. The number of nitrogens with one attached hydrogen (secondary N) is 2. The lowest BCUT2D eigenvalue weighted by molar-refractivity contribution is -0.121. The average molecular weight is 661 g/mol. The molecule has 13 nitrogen and oxygen atoms in total. The van der Waals surface area contributed by atoms with E-state index >= 15 is 0 Å². The van der Waals surface area contributed by atoms with E-state index in [1.54, 1.807) is 41.5 Å². The number of alkyl carbamates (subject to hydrolysis) is 2. The normalized spacial score (nSPS) is 17.0. The Morgan fingerprint density at radius 2 is 0.896 bits per heavy atom. The monoisotopic (exact) mass is 660 g/mol. The summed E-state index contributed by atoms with van der Waals surface area (Å²) in [7, 11) is 0. The molecule has 0 spiro atoms. The van der Waals surface area contributed by atoms with Crippen LogP contribution in [0.3, 0.4) is 0 Å². The van der Waals surface area contributed by atoms with Gasteiger partial charge in [-0.3, -0.25) is 33.6 Å². The van der Waals surface area contributed by atoms with Crippen molar-refractivity contribution in [2.45, 2.75) is 65.6 Å². The van der Waals surface area contributed by atoms with Gasteiger partial charge >= 0.3 is 12.2 Å². The van der Waals surface area contributed by atoms with Gasteiger partial charge in [0.1, 0.15) is 23.0 Å². The predicted octanol–water partition coefficient (Wildman–Crippen LogP) is 3.88. The van der Waals surface area contributed by atoms with Crippen molar-refractivity contribution in [3.63, 3.8) is 0 Å². The van der Waals surface area contributed by atoms with Gasteiger partial charge in [-0.1, -0.05) is 12.1 Å². The first-order valence-electron chi connectivity index (χ1n) is 15.3. The molecule has 13 heteroatoms. The summed E-state index contributed by atoms with van der Waals surface area (Å²) >= 11 is 0. The first-order chi connectivity index (χ1) is 22.3. The summed E-state index contributed by atoms with van der Waals surface area (Å²) in [6.45, 7) is 9.72. The van der Waals surface area contributed by atoms with E-state index < -0.39 is 75.7 Å². The van der Waals surface area contributed by atoms with Gasteiger partial charge in [0.25, 0.3) is 0 Å². The molecule has 48 heavy (non-hydrogen) atoms. The van der Waals surface area contributed by atoms with E-state index in [-0.39, 0.29) is 59.3 Å². The summed E-state index contributed by atoms with van der Waals surface area (Å²) in [5.74, 6) is -8.22. The number of rotatable bonds is 10. The summed E-state index contributed by atoms with van der Waals surface area (Å²) in [6.07, 6.45) is -2.10. The number of amides is 2. The first kappa shape index (κ1) is 35.5. The highest BCUT2D eigenvalue weighted by Gasteiger charge is 2.44. The zero-order chi connectivity index (χ0) is 35.7. The van der Waals surface area contributed by atoms with Gasteiger partial charge in [0.2, 0.25) is 0 Å². The van der Waals surface area contributed by atoms with Crippen LogP contribution in [-0.4, -0.2) is 77.0 Å². The van der Waals surface area contributed by atoms with E-state index in [1.807, 2.05) is 0 Å². The molecule has 2 aliphatic carbocycles. The van der Waals surface area contributed by atoms with Crippen LogP contribution in [0.15, 0.2) is 36.4 Å². The zero-order valence-electron chi connectivity index (χ0n) is 27.4. The highest BCUT2D eigenvalue weighted by molar-refractivity contribution is 6.37. The van der Waals surface area contributed by atoms with Crippen molar-refractivity contribution in [2.75, 3.05) is 13.1 Å². The lowest BCUT2D eigenvalue weighted by Crippen LogP contribution is -2.35. The molecule has 0 fully saturated rings. The largest absolute Gasteiger partial charge is 0.444 e. The minimum Gasteiger partial charge on any atom is -0.444 e. The molecule has 252 valence electrons. The van der Waals surface area contributed by atoms with Crippen LogP contribution in [0.4, 0.5) is 9.59 Å². The van der Waals surface area contributed by atoms with Crippen LogP contribution in [0.2, 0.25) is 0 Å². The number of benzene rings is 2. The third-order valence-corrected chi connectivity index (χ3v) is 7.40. The van der Waals surface area contributed by atoms with Gasteiger partial charge in [-0.05, 0) is 65.8 Å². The van der Waals surface area contributed by atoms with E-state index in [2.05, 4.69) is 10.6 Å². The van der Waals surface area contributed by atoms with Crippen LogP contribution >= 0.6 is 0 Å². The number of hydrogen-bond donors (Lipinski definition) is 2. The Balaban J connectivity index is 1.42. The molecular weight excluding hydrogens is 624 g/mol. The fourth-order valence-corrected chi connectivity index (χ4v) is 5.31. The molecule has 0 bridgehead atoms. The van der Waals surface area contributed by atoms with Gasteiger partial charge in [0.05, 0.1) is 0 Å². The maximum atomic E-state index is 13.4. The molecule has 2 unspecified atom stereocenters. The molecule has 0 heterocycles. The zero-order valence-corrected chi connectivity index (χ0v) is 27.4. The van der Waals surface area contributed by atoms with Gasteiger partial charge in [-0.25, -0.2) is 9.59 Å². The summed E-state index contributed by atoms with van der Waals surface area (Å²) in [5, 5.41) is 4.81. The Morgan fingerprint density at radius 3 is 1.23 bits per heavy atom. The standard InChI is InChI=1S/C35H36N2O11/c1-34(2,3)47-32(45)36-13-11-23(38)25-28(41)19-9-7-17(15-21(19)30(25)43)27(40)18-8-10-20-22(16-18)31(44)26(29(20)42)24(39)12-14-37-33(46)48-35(4,5)6/h7-10,15-16,25-26H,11-14H2,1-6H3,(H,36,45)(H,37,46). The van der Waals surface area contributed by atoms with Gasteiger partial charge in [-0.15, -0.1) is 0 Å². The number of ketones is 7. The van der Waals surface area contributed by atoms with Gasteiger partial charge < -0.3 is 20.1 Å². The molecule has 2 amide bonds. The lowest BCUT2D eigenvalue weighted by Gasteiger charge is -2.19. The second-order valence-corrected chi connectivity index (χ2v) is 13.5. The minimum atomic E-state index is -1.61. The van der Waals surface area contributed by atoms with E-state index in [0.717, 1.165) is 0 Å². The predicted molar refractivity (Wildman–Crippen MR) is 168 cm³/mol. The molecule has 0 saturated heterocycles. The third kappa shape index (κ3) is 7.79. The van der Waals surface area contributed by atoms with E-state index in [1.165, 1.54) is 36.4 Å². The SMILES string of the molecule is CC(C)(C)OC(=O)NCCC(=O)C1C(=O)c2ccc(C(=O)c3ccc4c(c3)C(=O)C(C(=O)CCNC(=O)OC(C)(C)C)C4=O)cc2C1=O. The molecule has 2 aromatic carbocycles. The number of ether oxygens (including phenoxy) is 2. The number of carbonyl (C=O) groups excluding carboxylic acids is 9. The van der Waals surface area contributed by atoms with Crippen LogP contribution < -0.4 is 10.6 Å². The maximum Gasteiger partial charge on any atom is 0.407 e. The summed E-state index contributed by atoms with van der Waals surface area (Å²) < 4.78 is 10.2. The van der Waals surface area contributed by atoms with Crippen molar-refractivity contribution in [2.24, 2.45) is 11.8 Å². The molecular formula is C35H36N2O11. The van der Waals surface area contributed by atoms with Crippen LogP contribution in [0.25, 0.3) is 0 Å². The van der Waals surface area contributed by atoms with Crippen LogP contribution in [0.1, 0.15) is 112 Å². The van der Waals surface area contributed by atoms with Crippen molar-refractivity contribution in [3.8, 4) is 0 Å². The van der Waals surface area contributed by atoms with Crippen LogP contribution in [0, 0.1) is 11.8 Å². The summed E-state index contributed by atoms with van der Waals surface area (Å²) in [4.78, 5) is 115. The fraction of sp³-hybridized carbons (Fsp3) is 0.400. The Bertz CT molecular complexity index is 1650. The van der Waals surface area contributed by atoms with E-state index in [4.69, 9.17) is 9.47 Å². The molecule has 2 N–H and O–H groups in total. The topological polar surface area (TPSA) is 196 Å². The van der Waals surface area contributed by atoms with E-state index in [9.17, 15) is 43.2 Å². The Kier molecular flexibility index (Phi) is 9.93. The minimum absolute atomic E-state index is 0.00726. The van der Waals surface area contributed by atoms with E-state index in [0.29, 0.717) is 0 Å². The Morgan fingerprint density at radius 1 is 0.562 bits per heavy atom. The molecule has 2 aliphatic rings. The highest BCUT2D eigenvalue weighted by Crippen LogP contribution is 2.32. The second-order valence-electron chi connectivity index (χ2n) is 13.5. The number of Topliss-reactive ketones (excluding diaryl/α,β-unsaturated/α-hetero) is 6. The second kappa shape index (κ2) is 13.4. The van der Waals surface area contributed by atoms with Crippen molar-refractivity contribution < 1.29 is 52.6 Å². The third-order valence-electron chi connectivity index (χ3n) is 7.40. The quantitative estimate of drug-likeness (QED) is 0.277. The van der Waals surface area contributed by atoms with Gasteiger partial charge in [0.15, 0.2) is 40.5 Å². The molecule has 4 rings (SSSR count). The molecule has 2 atom stereocenters. The number of carbonyl (C=O) groups is 9. The Labute approximate surface area is 276 Å². The van der Waals surface area contributed by atoms with Gasteiger partial charge in [-0.2, -0.15) is 0 Å². The summed E-state index contributed by atoms with van der Waals surface area (Å²) in [5.41, 5.74) is -1.77. The van der Waals surface area contributed by atoms with Crippen molar-refractivity contribution in [1.29, 1.82) is 0 Å². The van der Waals surface area contributed by atoms with Crippen LogP contribution in [0.5, 0.6) is 0 Å². The molecule has 0 aliphatic heterocycles. The first-order valence-corrected chi connectivity index (χ1v) is 15.3. The summed E-state index contributed by atoms with van der Waals surface area (Å²) in [6, 6.07) is 7.58. The lowest BCUT2D eigenvalue weighted by atomic mass is 9.95. The molecule has 2 aromatic rings. The number of hydrogen-bond acceptors (Lipinski definition) is 11. The smallest absolute Gasteiger partial charge is 0.407 e. The molecule has 0 saturated carbocycles.